The minimum absolute atomic E-state index is 0.0503. The van der Waals surface area contributed by atoms with E-state index in [0.717, 1.165) is 21.9 Å². The van der Waals surface area contributed by atoms with Crippen LogP contribution in [0.3, 0.4) is 0 Å². The number of nitrogens with zero attached hydrogens (tertiary/aromatic N) is 5. The number of ether oxygens (including phenoxy) is 3. The predicted molar refractivity (Wildman–Crippen MR) is 181 cm³/mol. The number of aromatic nitrogens is 3. The van der Waals surface area contributed by atoms with Crippen molar-refractivity contribution in [3.05, 3.63) is 112 Å². The molecule has 13 heteroatoms. The van der Waals surface area contributed by atoms with Gasteiger partial charge in [0.15, 0.2) is 11.0 Å². The van der Waals surface area contributed by atoms with Crippen LogP contribution in [-0.2, 0) is 11.3 Å². The van der Waals surface area contributed by atoms with E-state index in [4.69, 9.17) is 19.3 Å². The Kier molecular flexibility index (Phi) is 9.83. The lowest BCUT2D eigenvalue weighted by atomic mass is 10.0. The summed E-state index contributed by atoms with van der Waals surface area (Å²) in [6, 6.07) is 25.9. The summed E-state index contributed by atoms with van der Waals surface area (Å²) in [5, 5.41) is 20.6. The van der Waals surface area contributed by atoms with Crippen molar-refractivity contribution in [2.24, 2.45) is 5.10 Å². The van der Waals surface area contributed by atoms with Crippen LogP contribution in [0.4, 0.5) is 0 Å². The van der Waals surface area contributed by atoms with E-state index in [1.165, 1.54) is 18.9 Å². The summed E-state index contributed by atoms with van der Waals surface area (Å²) in [6.45, 7) is 0.0660. The number of carbonyl (C=O) groups is 2. The molecular formula is C34H32N6O5S2. The van der Waals surface area contributed by atoms with Crippen LogP contribution in [0, 0.1) is 0 Å². The second-order valence-electron chi connectivity index (χ2n) is 10.3. The van der Waals surface area contributed by atoms with Crippen LogP contribution in [0.2, 0.25) is 0 Å². The highest BCUT2D eigenvalue weighted by Crippen LogP contribution is 2.36. The van der Waals surface area contributed by atoms with Gasteiger partial charge in [-0.1, -0.05) is 54.2 Å². The number of carbonyl (C=O) groups excluding carboxylic acids is 2. The molecule has 1 atom stereocenters. The van der Waals surface area contributed by atoms with Gasteiger partial charge in [-0.15, -0.1) is 21.5 Å². The zero-order valence-electron chi connectivity index (χ0n) is 26.0. The first kappa shape index (κ1) is 31.8. The summed E-state index contributed by atoms with van der Waals surface area (Å²) in [5.74, 6) is 1.80. The molecule has 0 fully saturated rings. The quantitative estimate of drug-likeness (QED) is 0.167. The van der Waals surface area contributed by atoms with Crippen molar-refractivity contribution in [3.8, 4) is 22.9 Å². The van der Waals surface area contributed by atoms with Gasteiger partial charge in [-0.2, -0.15) is 5.10 Å². The van der Waals surface area contributed by atoms with Crippen molar-refractivity contribution >= 4 is 40.6 Å². The molecular weight excluding hydrogens is 637 g/mol. The lowest BCUT2D eigenvalue weighted by molar-refractivity contribution is -0.130. The molecule has 1 aliphatic rings. The van der Waals surface area contributed by atoms with Gasteiger partial charge in [0.25, 0.3) is 11.8 Å². The number of para-hydroxylation sites is 3. The summed E-state index contributed by atoms with van der Waals surface area (Å²) in [7, 11) is 4.72. The second-order valence-corrected chi connectivity index (χ2v) is 12.2. The fourth-order valence-corrected chi connectivity index (χ4v) is 6.80. The third-order valence-electron chi connectivity index (χ3n) is 7.58. The first-order valence-electron chi connectivity index (χ1n) is 14.7. The molecule has 1 aliphatic heterocycles. The molecule has 2 aromatic heterocycles. The Morgan fingerprint density at radius 1 is 0.894 bits per heavy atom. The number of amides is 2. The lowest BCUT2D eigenvalue weighted by Crippen LogP contribution is -2.28. The largest absolute Gasteiger partial charge is 0.497 e. The Morgan fingerprint density at radius 2 is 1.64 bits per heavy atom. The Hall–Kier alpha value is -5.14. The second kappa shape index (κ2) is 14.5. The van der Waals surface area contributed by atoms with Gasteiger partial charge in [-0.05, 0) is 53.4 Å². The van der Waals surface area contributed by atoms with Crippen LogP contribution < -0.4 is 19.5 Å². The van der Waals surface area contributed by atoms with E-state index >= 15 is 0 Å². The average molecular weight is 669 g/mol. The molecule has 240 valence electrons. The van der Waals surface area contributed by atoms with E-state index in [9.17, 15) is 9.59 Å². The number of methoxy groups -OCH3 is 3. The Morgan fingerprint density at radius 3 is 2.36 bits per heavy atom. The van der Waals surface area contributed by atoms with E-state index < -0.39 is 0 Å². The molecule has 47 heavy (non-hydrogen) atoms. The van der Waals surface area contributed by atoms with E-state index in [-0.39, 0.29) is 30.2 Å². The summed E-state index contributed by atoms with van der Waals surface area (Å²) >= 11 is 2.83. The number of hydrazone groups is 1. The number of hydrogen-bond donors (Lipinski definition) is 1. The molecule has 3 heterocycles. The number of thioether (sulfide) groups is 1. The molecule has 11 nitrogen and oxygen atoms in total. The maximum atomic E-state index is 13.9. The predicted octanol–water partition coefficient (Wildman–Crippen LogP) is 5.75. The van der Waals surface area contributed by atoms with Crippen molar-refractivity contribution in [2.75, 3.05) is 27.1 Å². The van der Waals surface area contributed by atoms with E-state index in [1.54, 1.807) is 59.4 Å². The number of benzene rings is 3. The van der Waals surface area contributed by atoms with E-state index in [2.05, 4.69) is 15.5 Å². The third kappa shape index (κ3) is 6.86. The average Bonchev–Trinajstić information content (AvgIpc) is 3.90. The SMILES string of the molecule is COc1ccc(C2CC(c3cccs3)=NN2C(=O)CSc2nnc(CNC(=O)c3ccccc3OC)n2-c2ccccc2OC)cc1. The maximum absolute atomic E-state index is 13.9. The molecule has 0 spiro atoms. The molecule has 0 bridgehead atoms. The molecule has 1 unspecified atom stereocenters. The number of hydrogen-bond acceptors (Lipinski definition) is 10. The highest BCUT2D eigenvalue weighted by atomic mass is 32.2. The van der Waals surface area contributed by atoms with Crippen molar-refractivity contribution < 1.29 is 23.8 Å². The van der Waals surface area contributed by atoms with Crippen molar-refractivity contribution in [1.82, 2.24) is 25.1 Å². The monoisotopic (exact) mass is 668 g/mol. The third-order valence-corrected chi connectivity index (χ3v) is 9.41. The smallest absolute Gasteiger partial charge is 0.255 e. The van der Waals surface area contributed by atoms with Crippen LogP contribution >= 0.6 is 23.1 Å². The first-order valence-corrected chi connectivity index (χ1v) is 16.6. The fourth-order valence-electron chi connectivity index (χ4n) is 5.26. The van der Waals surface area contributed by atoms with Crippen LogP contribution in [0.25, 0.3) is 5.69 Å². The highest BCUT2D eigenvalue weighted by molar-refractivity contribution is 7.99. The van der Waals surface area contributed by atoms with Crippen molar-refractivity contribution in [1.29, 1.82) is 0 Å². The molecule has 6 rings (SSSR count). The minimum atomic E-state index is -0.320. The number of nitrogens with one attached hydrogen (secondary N) is 1. The van der Waals surface area contributed by atoms with Gasteiger partial charge >= 0.3 is 0 Å². The Balaban J connectivity index is 1.26. The Bertz CT molecular complexity index is 1890. The normalized spacial score (nSPS) is 14.1. The maximum Gasteiger partial charge on any atom is 0.255 e. The summed E-state index contributed by atoms with van der Waals surface area (Å²) in [4.78, 5) is 28.0. The van der Waals surface area contributed by atoms with Gasteiger partial charge in [0.1, 0.15) is 17.2 Å². The van der Waals surface area contributed by atoms with Crippen LogP contribution in [0.15, 0.2) is 101 Å². The van der Waals surface area contributed by atoms with E-state index in [0.29, 0.717) is 40.2 Å². The minimum Gasteiger partial charge on any atom is -0.497 e. The summed E-state index contributed by atoms with van der Waals surface area (Å²) < 4.78 is 18.1. The molecule has 0 saturated carbocycles. The molecule has 5 aromatic rings. The van der Waals surface area contributed by atoms with Gasteiger partial charge in [0, 0.05) is 6.42 Å². The van der Waals surface area contributed by atoms with Gasteiger partial charge in [-0.25, -0.2) is 5.01 Å². The van der Waals surface area contributed by atoms with Crippen LogP contribution in [0.1, 0.15) is 39.1 Å². The fraction of sp³-hybridized carbons (Fsp3) is 0.206. The first-order chi connectivity index (χ1) is 23.0. The Labute approximate surface area is 280 Å². The van der Waals surface area contributed by atoms with Crippen LogP contribution in [0.5, 0.6) is 17.2 Å². The summed E-state index contributed by atoms with van der Waals surface area (Å²) in [6.07, 6.45) is 0.594. The molecule has 0 aliphatic carbocycles. The van der Waals surface area contributed by atoms with E-state index in [1.807, 2.05) is 66.0 Å². The topological polar surface area (TPSA) is 120 Å². The summed E-state index contributed by atoms with van der Waals surface area (Å²) in [5.41, 5.74) is 2.90. The zero-order chi connectivity index (χ0) is 32.8. The van der Waals surface area contributed by atoms with Crippen molar-refractivity contribution in [2.45, 2.75) is 24.2 Å². The molecule has 3 aromatic carbocycles. The molecule has 2 amide bonds. The zero-order valence-corrected chi connectivity index (χ0v) is 27.6. The highest BCUT2D eigenvalue weighted by Gasteiger charge is 2.34. The number of thiophene rings is 1. The van der Waals surface area contributed by atoms with Crippen molar-refractivity contribution in [3.63, 3.8) is 0 Å². The van der Waals surface area contributed by atoms with Gasteiger partial charge in [-0.3, -0.25) is 14.2 Å². The van der Waals surface area contributed by atoms with Gasteiger partial charge in [0.2, 0.25) is 0 Å². The number of rotatable bonds is 12. The van der Waals surface area contributed by atoms with Crippen LogP contribution in [-0.4, -0.2) is 64.4 Å². The molecule has 1 N–H and O–H groups in total. The van der Waals surface area contributed by atoms with Gasteiger partial charge in [0.05, 0.1) is 61.5 Å². The van der Waals surface area contributed by atoms with Gasteiger partial charge < -0.3 is 19.5 Å². The molecule has 0 saturated heterocycles. The standard InChI is InChI=1S/C34H32N6O5S2/c1-43-23-16-14-22(15-17-23)27-19-25(30-13-8-18-46-30)38-40(27)32(41)21-47-34-37-36-31(39(34)26-10-5-7-12-29(26)45-3)20-35-33(42)24-9-4-6-11-28(24)44-2/h4-18,27H,19-21H2,1-3H3,(H,35,42). The lowest BCUT2D eigenvalue weighted by Gasteiger charge is -2.22. The molecule has 0 radical (unpaired) electrons.